The van der Waals surface area contributed by atoms with Gasteiger partial charge in [-0.2, -0.15) is 0 Å². The van der Waals surface area contributed by atoms with Crippen LogP contribution in [0, 0.1) is 0 Å². The number of nitrogens with zero attached hydrogens (tertiary/aromatic N) is 2. The standard InChI is InChI=1S/C10H8IN3O3/c11-2-5-3-14-7(10(16)17-5)1-6-8(14)12-4-13-9(6)15/h1,4-5H,2-3H2,(H,12,13,15). The minimum absolute atomic E-state index is 0.160. The van der Waals surface area contributed by atoms with Crippen molar-refractivity contribution in [2.24, 2.45) is 0 Å². The Labute approximate surface area is 109 Å². The number of carbonyl (C=O) groups is 1. The number of rotatable bonds is 1. The van der Waals surface area contributed by atoms with Gasteiger partial charge in [0, 0.05) is 4.43 Å². The molecule has 2 aromatic rings. The van der Waals surface area contributed by atoms with Crippen molar-refractivity contribution in [1.82, 2.24) is 14.5 Å². The molecule has 0 aliphatic carbocycles. The fourth-order valence-electron chi connectivity index (χ4n) is 1.96. The fraction of sp³-hybridized carbons (Fsp3) is 0.300. The second-order valence-electron chi connectivity index (χ2n) is 3.79. The lowest BCUT2D eigenvalue weighted by Crippen LogP contribution is -2.32. The van der Waals surface area contributed by atoms with E-state index >= 15 is 0 Å². The van der Waals surface area contributed by atoms with Crippen LogP contribution in [0.25, 0.3) is 11.0 Å². The van der Waals surface area contributed by atoms with E-state index < -0.39 is 5.97 Å². The number of aromatic amines is 1. The van der Waals surface area contributed by atoms with Gasteiger partial charge in [0.05, 0.1) is 18.3 Å². The maximum absolute atomic E-state index is 11.7. The highest BCUT2D eigenvalue weighted by Gasteiger charge is 2.28. The second kappa shape index (κ2) is 3.83. The number of cyclic esters (lactones) is 1. The molecule has 0 spiro atoms. The number of halogens is 1. The summed E-state index contributed by atoms with van der Waals surface area (Å²) in [6.45, 7) is 0.546. The third kappa shape index (κ3) is 1.56. The molecule has 1 N–H and O–H groups in total. The zero-order chi connectivity index (χ0) is 12.0. The normalized spacial score (nSPS) is 19.1. The molecule has 1 aliphatic heterocycles. The van der Waals surface area contributed by atoms with E-state index in [9.17, 15) is 9.59 Å². The Morgan fingerprint density at radius 1 is 1.59 bits per heavy atom. The van der Waals surface area contributed by atoms with Crippen molar-refractivity contribution >= 4 is 39.6 Å². The van der Waals surface area contributed by atoms with E-state index in [0.29, 0.717) is 27.7 Å². The van der Waals surface area contributed by atoms with Gasteiger partial charge < -0.3 is 14.3 Å². The molecule has 1 unspecified atom stereocenters. The first-order valence-corrected chi connectivity index (χ1v) is 6.57. The first kappa shape index (κ1) is 10.8. The minimum Gasteiger partial charge on any atom is -0.455 e. The molecule has 3 heterocycles. The third-order valence-corrected chi connectivity index (χ3v) is 3.72. The molecule has 0 saturated heterocycles. The van der Waals surface area contributed by atoms with Crippen LogP contribution in [0.15, 0.2) is 17.2 Å². The molecular formula is C10H8IN3O3. The number of ether oxygens (including phenoxy) is 1. The van der Waals surface area contributed by atoms with Crippen molar-refractivity contribution < 1.29 is 9.53 Å². The molecule has 0 fully saturated rings. The van der Waals surface area contributed by atoms with Gasteiger partial charge in [0.2, 0.25) is 0 Å². The molecule has 0 amide bonds. The SMILES string of the molecule is O=C1OC(CI)Cn2c1cc1c(=O)[nH]cnc12. The summed E-state index contributed by atoms with van der Waals surface area (Å²) >= 11 is 2.17. The Bertz CT molecular complexity index is 660. The lowest BCUT2D eigenvalue weighted by Gasteiger charge is -2.23. The monoisotopic (exact) mass is 345 g/mol. The van der Waals surface area contributed by atoms with E-state index in [1.165, 1.54) is 12.4 Å². The molecule has 88 valence electrons. The predicted molar refractivity (Wildman–Crippen MR) is 68.4 cm³/mol. The molecule has 17 heavy (non-hydrogen) atoms. The molecule has 1 aliphatic rings. The second-order valence-corrected chi connectivity index (χ2v) is 4.67. The molecule has 1 atom stereocenters. The fourth-order valence-corrected chi connectivity index (χ4v) is 2.42. The maximum atomic E-state index is 11.7. The highest BCUT2D eigenvalue weighted by atomic mass is 127. The van der Waals surface area contributed by atoms with Crippen LogP contribution >= 0.6 is 22.6 Å². The Hall–Kier alpha value is -1.38. The lowest BCUT2D eigenvalue weighted by atomic mass is 10.3. The van der Waals surface area contributed by atoms with Gasteiger partial charge in [-0.05, 0) is 6.07 Å². The van der Waals surface area contributed by atoms with E-state index in [4.69, 9.17) is 4.74 Å². The summed E-state index contributed by atoms with van der Waals surface area (Å²) in [6.07, 6.45) is 1.18. The zero-order valence-electron chi connectivity index (χ0n) is 8.64. The smallest absolute Gasteiger partial charge is 0.355 e. The summed E-state index contributed by atoms with van der Waals surface area (Å²) in [4.78, 5) is 29.9. The predicted octanol–water partition coefficient (Wildman–Crippen LogP) is 0.699. The average Bonchev–Trinajstić information content (AvgIpc) is 2.70. The van der Waals surface area contributed by atoms with Crippen LogP contribution in [-0.2, 0) is 11.3 Å². The van der Waals surface area contributed by atoms with Crippen LogP contribution in [0.3, 0.4) is 0 Å². The Morgan fingerprint density at radius 2 is 2.41 bits per heavy atom. The molecule has 2 aromatic heterocycles. The van der Waals surface area contributed by atoms with Crippen LogP contribution in [0.4, 0.5) is 0 Å². The average molecular weight is 345 g/mol. The van der Waals surface area contributed by atoms with Crippen LogP contribution in [-0.4, -0.2) is 31.0 Å². The number of hydrogen-bond acceptors (Lipinski definition) is 4. The van der Waals surface area contributed by atoms with E-state index in [-0.39, 0.29) is 11.7 Å². The van der Waals surface area contributed by atoms with Gasteiger partial charge in [-0.25, -0.2) is 9.78 Å². The number of nitrogens with one attached hydrogen (secondary N) is 1. The molecular weight excluding hydrogens is 337 g/mol. The molecule has 0 bridgehead atoms. The van der Waals surface area contributed by atoms with Gasteiger partial charge in [0.15, 0.2) is 0 Å². The number of H-pyrrole nitrogens is 1. The van der Waals surface area contributed by atoms with Gasteiger partial charge in [-0.1, -0.05) is 22.6 Å². The van der Waals surface area contributed by atoms with E-state index in [1.807, 2.05) is 0 Å². The Kier molecular flexibility index (Phi) is 2.42. The zero-order valence-corrected chi connectivity index (χ0v) is 10.8. The molecule has 0 aromatic carbocycles. The van der Waals surface area contributed by atoms with Crippen LogP contribution in [0.2, 0.25) is 0 Å². The maximum Gasteiger partial charge on any atom is 0.355 e. The molecule has 7 heteroatoms. The topological polar surface area (TPSA) is 77.0 Å². The summed E-state index contributed by atoms with van der Waals surface area (Å²) in [5.74, 6) is -0.393. The number of aromatic nitrogens is 3. The largest absolute Gasteiger partial charge is 0.455 e. The summed E-state index contributed by atoms with van der Waals surface area (Å²) in [5.41, 5.74) is 0.691. The van der Waals surface area contributed by atoms with Crippen LogP contribution < -0.4 is 5.56 Å². The highest BCUT2D eigenvalue weighted by molar-refractivity contribution is 14.1. The summed E-state index contributed by atoms with van der Waals surface area (Å²) < 4.78 is 7.69. The van der Waals surface area contributed by atoms with E-state index in [1.54, 1.807) is 4.57 Å². The van der Waals surface area contributed by atoms with Crippen molar-refractivity contribution in [3.05, 3.63) is 28.4 Å². The van der Waals surface area contributed by atoms with E-state index in [0.717, 1.165) is 0 Å². The summed E-state index contributed by atoms with van der Waals surface area (Å²) in [7, 11) is 0. The number of esters is 1. The summed E-state index contributed by atoms with van der Waals surface area (Å²) in [6, 6.07) is 1.53. The first-order chi connectivity index (χ1) is 8.20. The third-order valence-electron chi connectivity index (χ3n) is 2.74. The number of fused-ring (bicyclic) bond motifs is 3. The van der Waals surface area contributed by atoms with Crippen LogP contribution in [0.1, 0.15) is 10.5 Å². The molecule has 3 rings (SSSR count). The highest BCUT2D eigenvalue weighted by Crippen LogP contribution is 2.22. The van der Waals surface area contributed by atoms with Gasteiger partial charge in [0.1, 0.15) is 17.4 Å². The minimum atomic E-state index is -0.393. The van der Waals surface area contributed by atoms with Crippen LogP contribution in [0.5, 0.6) is 0 Å². The van der Waals surface area contributed by atoms with Gasteiger partial charge in [0.25, 0.3) is 5.56 Å². The quantitative estimate of drug-likeness (QED) is 0.469. The van der Waals surface area contributed by atoms with Crippen molar-refractivity contribution in [3.8, 4) is 0 Å². The molecule has 0 radical (unpaired) electrons. The van der Waals surface area contributed by atoms with E-state index in [2.05, 4.69) is 32.6 Å². The number of hydrogen-bond donors (Lipinski definition) is 1. The van der Waals surface area contributed by atoms with Gasteiger partial charge >= 0.3 is 5.97 Å². The van der Waals surface area contributed by atoms with Gasteiger partial charge in [-0.15, -0.1) is 0 Å². The summed E-state index contributed by atoms with van der Waals surface area (Å²) in [5, 5.41) is 0.425. The van der Waals surface area contributed by atoms with Crippen molar-refractivity contribution in [3.63, 3.8) is 0 Å². The Balaban J connectivity index is 2.29. The van der Waals surface area contributed by atoms with Crippen molar-refractivity contribution in [2.75, 3.05) is 4.43 Å². The van der Waals surface area contributed by atoms with Crippen molar-refractivity contribution in [1.29, 1.82) is 0 Å². The number of alkyl halides is 1. The first-order valence-electron chi connectivity index (χ1n) is 5.04. The lowest BCUT2D eigenvalue weighted by molar-refractivity contribution is 0.0235. The number of carbonyl (C=O) groups excluding carboxylic acids is 1. The van der Waals surface area contributed by atoms with Gasteiger partial charge in [-0.3, -0.25) is 4.79 Å². The molecule has 6 nitrogen and oxygen atoms in total. The Morgan fingerprint density at radius 3 is 3.18 bits per heavy atom. The molecule has 0 saturated carbocycles. The van der Waals surface area contributed by atoms with Crippen molar-refractivity contribution in [2.45, 2.75) is 12.6 Å².